The number of sulfonamides is 1. The Kier molecular flexibility index (Phi) is 4.99. The number of primary sulfonamides is 1. The molecule has 0 bridgehead atoms. The normalized spacial score (nSPS) is 12.3. The van der Waals surface area contributed by atoms with E-state index in [0.29, 0.717) is 22.1 Å². The van der Waals surface area contributed by atoms with Gasteiger partial charge in [-0.05, 0) is 47.0 Å². The molecule has 1 aromatic rings. The number of amides is 1. The molecule has 20 heavy (non-hydrogen) atoms. The average Bonchev–Trinajstić information content (AvgIpc) is 2.31. The highest BCUT2D eigenvalue weighted by Gasteiger charge is 2.26. The van der Waals surface area contributed by atoms with Crippen LogP contribution in [0.15, 0.2) is 21.5 Å². The Balaban J connectivity index is 3.18. The van der Waals surface area contributed by atoms with Crippen molar-refractivity contribution < 1.29 is 13.2 Å². The fourth-order valence-electron chi connectivity index (χ4n) is 1.52. The summed E-state index contributed by atoms with van der Waals surface area (Å²) >= 11 is 3.26. The number of hydrogen-bond acceptors (Lipinski definition) is 3. The Labute approximate surface area is 128 Å². The first-order chi connectivity index (χ1) is 8.99. The average molecular weight is 363 g/mol. The Morgan fingerprint density at radius 1 is 1.40 bits per heavy atom. The first kappa shape index (κ1) is 17.1. The monoisotopic (exact) mass is 362 g/mol. The molecule has 0 atom stereocenters. The third-order valence-corrected chi connectivity index (χ3v) is 5.03. The zero-order valence-corrected chi connectivity index (χ0v) is 14.4. The lowest BCUT2D eigenvalue weighted by Crippen LogP contribution is -2.30. The van der Waals surface area contributed by atoms with E-state index >= 15 is 0 Å². The highest BCUT2D eigenvalue weighted by molar-refractivity contribution is 9.10. The number of carbonyl (C=O) groups excluding carboxylic acids is 1. The summed E-state index contributed by atoms with van der Waals surface area (Å²) in [5.41, 5.74) is 0.521. The summed E-state index contributed by atoms with van der Waals surface area (Å²) in [6.45, 7) is 7.26. The van der Waals surface area contributed by atoms with Crippen molar-refractivity contribution in [1.29, 1.82) is 0 Å². The van der Waals surface area contributed by atoms with Crippen LogP contribution in [0.4, 0.5) is 5.69 Å². The molecule has 0 saturated carbocycles. The van der Waals surface area contributed by atoms with Gasteiger partial charge in [0.15, 0.2) is 0 Å². The molecule has 0 aliphatic rings. The van der Waals surface area contributed by atoms with Gasteiger partial charge in [-0.1, -0.05) is 20.8 Å². The number of nitrogens with two attached hydrogens (primary N) is 1. The molecule has 0 spiro atoms. The second kappa shape index (κ2) is 5.83. The van der Waals surface area contributed by atoms with Crippen molar-refractivity contribution in [3.05, 3.63) is 22.2 Å². The van der Waals surface area contributed by atoms with E-state index in [4.69, 9.17) is 5.14 Å². The Morgan fingerprint density at radius 3 is 2.40 bits per heavy atom. The van der Waals surface area contributed by atoms with E-state index in [1.165, 1.54) is 6.07 Å². The summed E-state index contributed by atoms with van der Waals surface area (Å²) in [5, 5.41) is 7.93. The van der Waals surface area contributed by atoms with Crippen LogP contribution in [0.5, 0.6) is 0 Å². The molecule has 5 nitrogen and oxygen atoms in total. The minimum atomic E-state index is -3.78. The lowest BCUT2D eigenvalue weighted by atomic mass is 9.89. The highest BCUT2D eigenvalue weighted by atomic mass is 79.9. The molecular weight excluding hydrogens is 344 g/mol. The molecule has 0 fully saturated rings. The molecule has 1 rings (SSSR count). The van der Waals surface area contributed by atoms with Crippen molar-refractivity contribution in [1.82, 2.24) is 0 Å². The van der Waals surface area contributed by atoms with Gasteiger partial charge < -0.3 is 5.32 Å². The number of carbonyl (C=O) groups is 1. The van der Waals surface area contributed by atoms with Gasteiger partial charge in [0.2, 0.25) is 15.9 Å². The molecule has 0 radical (unpaired) electrons. The molecule has 3 N–H and O–H groups in total. The Hall–Kier alpha value is -0.920. The molecule has 0 unspecified atom stereocenters. The van der Waals surface area contributed by atoms with Gasteiger partial charge in [-0.25, -0.2) is 13.6 Å². The molecule has 1 aromatic carbocycles. The number of rotatable bonds is 4. The van der Waals surface area contributed by atoms with Crippen LogP contribution in [0, 0.1) is 12.3 Å². The van der Waals surface area contributed by atoms with E-state index in [-0.39, 0.29) is 10.8 Å². The van der Waals surface area contributed by atoms with E-state index in [1.54, 1.807) is 13.0 Å². The van der Waals surface area contributed by atoms with E-state index in [2.05, 4.69) is 21.2 Å². The Morgan fingerprint density at radius 2 is 1.95 bits per heavy atom. The maximum Gasteiger partial charge on any atom is 0.238 e. The van der Waals surface area contributed by atoms with Gasteiger partial charge in [0.1, 0.15) is 0 Å². The topological polar surface area (TPSA) is 89.3 Å². The third kappa shape index (κ3) is 3.80. The van der Waals surface area contributed by atoms with Crippen LogP contribution in [0.3, 0.4) is 0 Å². The summed E-state index contributed by atoms with van der Waals surface area (Å²) in [7, 11) is -3.78. The summed E-state index contributed by atoms with van der Waals surface area (Å²) < 4.78 is 23.3. The molecule has 112 valence electrons. The molecule has 0 aromatic heterocycles. The van der Waals surface area contributed by atoms with Gasteiger partial charge in [-0.15, -0.1) is 0 Å². The minimum Gasteiger partial charge on any atom is -0.325 e. The SMILES string of the molecule is CCC(C)(C)C(=O)Nc1cc(C)c(S(N)(=O)=O)cc1Br. The molecular formula is C13H19BrN2O3S. The zero-order chi connectivity index (χ0) is 15.7. The van der Waals surface area contributed by atoms with Gasteiger partial charge in [-0.3, -0.25) is 4.79 Å². The van der Waals surface area contributed by atoms with Crippen LogP contribution < -0.4 is 10.5 Å². The van der Waals surface area contributed by atoms with Gasteiger partial charge in [0, 0.05) is 9.89 Å². The summed E-state index contributed by atoms with van der Waals surface area (Å²) in [6, 6.07) is 2.99. The molecule has 0 saturated heterocycles. The van der Waals surface area contributed by atoms with E-state index in [0.717, 1.165) is 0 Å². The van der Waals surface area contributed by atoms with E-state index < -0.39 is 15.4 Å². The molecule has 0 aliphatic heterocycles. The van der Waals surface area contributed by atoms with Crippen molar-refractivity contribution in [2.45, 2.75) is 39.0 Å². The van der Waals surface area contributed by atoms with Crippen molar-refractivity contribution in [2.24, 2.45) is 10.6 Å². The summed E-state index contributed by atoms with van der Waals surface area (Å²) in [6.07, 6.45) is 0.699. The van der Waals surface area contributed by atoms with Gasteiger partial charge in [0.05, 0.1) is 10.6 Å². The lowest BCUT2D eigenvalue weighted by Gasteiger charge is -2.22. The standard InChI is InChI=1S/C13H19BrN2O3S/c1-5-13(3,4)12(17)16-10-6-8(2)11(7-9(10)14)20(15,18)19/h6-7H,5H2,1-4H3,(H,16,17)(H2,15,18,19). The number of anilines is 1. The number of aryl methyl sites for hydroxylation is 1. The minimum absolute atomic E-state index is 0.0390. The van der Waals surface area contributed by atoms with Crippen LogP contribution in [0.25, 0.3) is 0 Å². The van der Waals surface area contributed by atoms with Crippen molar-refractivity contribution >= 4 is 37.5 Å². The fraction of sp³-hybridized carbons (Fsp3) is 0.462. The summed E-state index contributed by atoms with van der Waals surface area (Å²) in [4.78, 5) is 12.2. The van der Waals surface area contributed by atoms with E-state index in [1.807, 2.05) is 20.8 Å². The summed E-state index contributed by atoms with van der Waals surface area (Å²) in [5.74, 6) is -0.122. The van der Waals surface area contributed by atoms with Crippen LogP contribution in [-0.2, 0) is 14.8 Å². The number of nitrogens with one attached hydrogen (secondary N) is 1. The largest absolute Gasteiger partial charge is 0.325 e. The molecule has 1 amide bonds. The van der Waals surface area contributed by atoms with Crippen molar-refractivity contribution in [3.8, 4) is 0 Å². The second-order valence-electron chi connectivity index (χ2n) is 5.33. The highest BCUT2D eigenvalue weighted by Crippen LogP contribution is 2.30. The van der Waals surface area contributed by atoms with Gasteiger partial charge in [-0.2, -0.15) is 0 Å². The van der Waals surface area contributed by atoms with E-state index in [9.17, 15) is 13.2 Å². The maximum atomic E-state index is 12.1. The fourth-order valence-corrected chi connectivity index (χ4v) is 2.90. The second-order valence-corrected chi connectivity index (χ2v) is 7.72. The first-order valence-corrected chi connectivity index (χ1v) is 8.47. The van der Waals surface area contributed by atoms with Crippen LogP contribution in [0.2, 0.25) is 0 Å². The van der Waals surface area contributed by atoms with Crippen LogP contribution in [0.1, 0.15) is 32.8 Å². The lowest BCUT2D eigenvalue weighted by molar-refractivity contribution is -0.124. The molecule has 0 aliphatic carbocycles. The zero-order valence-electron chi connectivity index (χ0n) is 12.0. The van der Waals surface area contributed by atoms with Gasteiger partial charge >= 0.3 is 0 Å². The van der Waals surface area contributed by atoms with Gasteiger partial charge in [0.25, 0.3) is 0 Å². The quantitative estimate of drug-likeness (QED) is 0.862. The molecule has 7 heteroatoms. The number of hydrogen-bond donors (Lipinski definition) is 2. The first-order valence-electron chi connectivity index (χ1n) is 6.13. The third-order valence-electron chi connectivity index (χ3n) is 3.32. The smallest absolute Gasteiger partial charge is 0.238 e. The predicted octanol–water partition coefficient (Wildman–Crippen LogP) is 2.78. The number of halogens is 1. The molecule has 0 heterocycles. The Bertz CT molecular complexity index is 639. The number of benzene rings is 1. The van der Waals surface area contributed by atoms with Crippen molar-refractivity contribution in [2.75, 3.05) is 5.32 Å². The van der Waals surface area contributed by atoms with Crippen LogP contribution >= 0.6 is 15.9 Å². The van der Waals surface area contributed by atoms with Crippen LogP contribution in [-0.4, -0.2) is 14.3 Å². The maximum absolute atomic E-state index is 12.1. The predicted molar refractivity (Wildman–Crippen MR) is 83.0 cm³/mol. The van der Waals surface area contributed by atoms with Crippen molar-refractivity contribution in [3.63, 3.8) is 0 Å².